The van der Waals surface area contributed by atoms with E-state index in [-0.39, 0.29) is 5.04 Å². The van der Waals surface area contributed by atoms with Gasteiger partial charge in [0, 0.05) is 13.2 Å². The molecular formula is C29H46O2Si. The van der Waals surface area contributed by atoms with Crippen molar-refractivity contribution in [2.45, 2.75) is 72.8 Å². The molecule has 32 heavy (non-hydrogen) atoms. The highest BCUT2D eigenvalue weighted by Gasteiger charge is 2.50. The van der Waals surface area contributed by atoms with Gasteiger partial charge in [-0.05, 0) is 58.3 Å². The van der Waals surface area contributed by atoms with E-state index in [0.29, 0.717) is 30.3 Å². The van der Waals surface area contributed by atoms with Crippen molar-refractivity contribution in [2.24, 2.45) is 23.7 Å². The zero-order chi connectivity index (χ0) is 23.8. The molecule has 0 heterocycles. The van der Waals surface area contributed by atoms with Crippen LogP contribution in [0, 0.1) is 23.7 Å². The van der Waals surface area contributed by atoms with Gasteiger partial charge in [-0.1, -0.05) is 109 Å². The van der Waals surface area contributed by atoms with Crippen LogP contribution in [0.15, 0.2) is 60.7 Å². The Morgan fingerprint density at radius 1 is 0.688 bits per heavy atom. The molecule has 2 nitrogen and oxygen atoms in total. The van der Waals surface area contributed by atoms with Crippen LogP contribution in [0.25, 0.3) is 0 Å². The molecule has 0 bridgehead atoms. The average Bonchev–Trinajstić information content (AvgIpc) is 2.74. The molecule has 4 atom stereocenters. The van der Waals surface area contributed by atoms with Gasteiger partial charge < -0.3 is 9.53 Å². The molecule has 0 spiro atoms. The lowest BCUT2D eigenvalue weighted by molar-refractivity contribution is 0.194. The van der Waals surface area contributed by atoms with Crippen LogP contribution in [0.3, 0.4) is 0 Å². The lowest BCUT2D eigenvalue weighted by atomic mass is 9.86. The van der Waals surface area contributed by atoms with Crippen molar-refractivity contribution in [3.63, 3.8) is 0 Å². The molecular weight excluding hydrogens is 408 g/mol. The predicted octanol–water partition coefficient (Wildman–Crippen LogP) is 6.27. The highest BCUT2D eigenvalue weighted by molar-refractivity contribution is 6.99. The molecule has 178 valence electrons. The third kappa shape index (κ3) is 7.04. The fraction of sp³-hybridized carbons (Fsp3) is 0.586. The number of hydrogen-bond acceptors (Lipinski definition) is 2. The normalized spacial score (nSPS) is 16.4. The molecule has 2 aromatic rings. The summed E-state index contributed by atoms with van der Waals surface area (Å²) in [5.41, 5.74) is 0. The molecule has 0 saturated heterocycles. The van der Waals surface area contributed by atoms with Gasteiger partial charge in [0.2, 0.25) is 0 Å². The maximum atomic E-state index is 9.35. The largest absolute Gasteiger partial charge is 0.407 e. The summed E-state index contributed by atoms with van der Waals surface area (Å²) in [6, 6.07) is 21.8. The standard InChI is InChI=1S/C29H46O2Si/c1-23(19-25(3)21-30)18-24(2)20-26(4)22-31-32(29(5,6)7,27-14-10-8-11-15-27)28-16-12-9-13-17-28/h8-17,23-26,30H,18-22H2,1-7H3/t23-,24+,25+,26+/m1/s1. The van der Waals surface area contributed by atoms with Crippen LogP contribution in [0.4, 0.5) is 0 Å². The van der Waals surface area contributed by atoms with Crippen molar-refractivity contribution in [1.82, 2.24) is 0 Å². The van der Waals surface area contributed by atoms with Crippen molar-refractivity contribution in [3.05, 3.63) is 60.7 Å². The highest BCUT2D eigenvalue weighted by atomic mass is 28.4. The monoisotopic (exact) mass is 454 g/mol. The third-order valence-corrected chi connectivity index (χ3v) is 11.7. The topological polar surface area (TPSA) is 29.5 Å². The van der Waals surface area contributed by atoms with Gasteiger partial charge >= 0.3 is 0 Å². The van der Waals surface area contributed by atoms with E-state index in [1.54, 1.807) is 0 Å². The van der Waals surface area contributed by atoms with Gasteiger partial charge in [0.15, 0.2) is 0 Å². The first-order valence-electron chi connectivity index (χ1n) is 12.5. The number of aliphatic hydroxyl groups excluding tert-OH is 1. The van der Waals surface area contributed by atoms with Crippen molar-refractivity contribution in [1.29, 1.82) is 0 Å². The lowest BCUT2D eigenvalue weighted by Crippen LogP contribution is -2.66. The van der Waals surface area contributed by atoms with Crippen LogP contribution in [0.1, 0.15) is 67.7 Å². The summed E-state index contributed by atoms with van der Waals surface area (Å²) >= 11 is 0. The van der Waals surface area contributed by atoms with Gasteiger partial charge in [-0.25, -0.2) is 0 Å². The Labute approximate surface area is 198 Å². The van der Waals surface area contributed by atoms with Crippen LogP contribution in [-0.4, -0.2) is 26.6 Å². The van der Waals surface area contributed by atoms with E-state index in [2.05, 4.69) is 109 Å². The van der Waals surface area contributed by atoms with Gasteiger partial charge in [-0.3, -0.25) is 0 Å². The lowest BCUT2D eigenvalue weighted by Gasteiger charge is -2.43. The Morgan fingerprint density at radius 3 is 1.50 bits per heavy atom. The third-order valence-electron chi connectivity index (χ3n) is 6.73. The zero-order valence-electron chi connectivity index (χ0n) is 21.5. The van der Waals surface area contributed by atoms with Crippen LogP contribution >= 0.6 is 0 Å². The Hall–Kier alpha value is -1.42. The fourth-order valence-corrected chi connectivity index (χ4v) is 10.1. The van der Waals surface area contributed by atoms with Gasteiger partial charge in [0.1, 0.15) is 0 Å². The van der Waals surface area contributed by atoms with E-state index in [4.69, 9.17) is 4.43 Å². The Morgan fingerprint density at radius 2 is 1.09 bits per heavy atom. The summed E-state index contributed by atoms with van der Waals surface area (Å²) in [7, 11) is -2.45. The van der Waals surface area contributed by atoms with Crippen LogP contribution in [-0.2, 0) is 4.43 Å². The van der Waals surface area contributed by atoms with Gasteiger partial charge in [0.25, 0.3) is 8.32 Å². The average molecular weight is 455 g/mol. The summed E-state index contributed by atoms with van der Waals surface area (Å²) in [4.78, 5) is 0. The molecule has 0 aliphatic carbocycles. The second-order valence-electron chi connectivity index (χ2n) is 11.3. The number of aliphatic hydroxyl groups is 1. The first-order chi connectivity index (χ1) is 15.1. The second kappa shape index (κ2) is 12.2. The van der Waals surface area contributed by atoms with E-state index in [9.17, 15) is 5.11 Å². The minimum absolute atomic E-state index is 0.0238. The van der Waals surface area contributed by atoms with Crippen LogP contribution in [0.5, 0.6) is 0 Å². The quantitative estimate of drug-likeness (QED) is 0.383. The molecule has 1 N–H and O–H groups in total. The van der Waals surface area contributed by atoms with Gasteiger partial charge in [0.05, 0.1) is 0 Å². The molecule has 0 aliphatic rings. The summed E-state index contributed by atoms with van der Waals surface area (Å²) in [5.74, 6) is 2.22. The summed E-state index contributed by atoms with van der Waals surface area (Å²) in [5, 5.41) is 12.1. The van der Waals surface area contributed by atoms with E-state index < -0.39 is 8.32 Å². The fourth-order valence-electron chi connectivity index (χ4n) is 5.42. The van der Waals surface area contributed by atoms with E-state index in [1.807, 2.05) is 0 Å². The summed E-state index contributed by atoms with van der Waals surface area (Å²) < 4.78 is 7.12. The highest BCUT2D eigenvalue weighted by Crippen LogP contribution is 2.37. The molecule has 3 heteroatoms. The molecule has 0 saturated carbocycles. The molecule has 0 radical (unpaired) electrons. The summed E-state index contributed by atoms with van der Waals surface area (Å²) in [6.45, 7) is 17.3. The van der Waals surface area contributed by atoms with Crippen molar-refractivity contribution < 1.29 is 9.53 Å². The van der Waals surface area contributed by atoms with E-state index in [0.717, 1.165) is 13.0 Å². The van der Waals surface area contributed by atoms with Crippen molar-refractivity contribution in [2.75, 3.05) is 13.2 Å². The van der Waals surface area contributed by atoms with E-state index >= 15 is 0 Å². The first kappa shape index (κ1) is 26.8. The first-order valence-corrected chi connectivity index (χ1v) is 14.4. The van der Waals surface area contributed by atoms with Crippen LogP contribution in [0.2, 0.25) is 5.04 Å². The Balaban J connectivity index is 2.17. The van der Waals surface area contributed by atoms with Crippen molar-refractivity contribution >= 4 is 18.7 Å². The molecule has 0 aliphatic heterocycles. The maximum Gasteiger partial charge on any atom is 0.261 e. The Bertz CT molecular complexity index is 729. The second-order valence-corrected chi connectivity index (χ2v) is 15.6. The van der Waals surface area contributed by atoms with Crippen LogP contribution < -0.4 is 10.4 Å². The van der Waals surface area contributed by atoms with Crippen molar-refractivity contribution in [3.8, 4) is 0 Å². The molecule has 2 aromatic carbocycles. The maximum absolute atomic E-state index is 9.35. The summed E-state index contributed by atoms with van der Waals surface area (Å²) in [6.07, 6.45) is 3.50. The molecule has 0 aromatic heterocycles. The number of benzene rings is 2. The van der Waals surface area contributed by atoms with E-state index in [1.165, 1.54) is 23.2 Å². The van der Waals surface area contributed by atoms with Gasteiger partial charge in [-0.15, -0.1) is 0 Å². The number of rotatable bonds is 12. The molecule has 0 fully saturated rings. The minimum Gasteiger partial charge on any atom is -0.407 e. The SMILES string of the molecule is C[C@H](C[C@H](C)C[C@H](C)CO[Si](c1ccccc1)(c1ccccc1)C(C)(C)C)C[C@H](C)CO. The smallest absolute Gasteiger partial charge is 0.261 e. The minimum atomic E-state index is -2.45. The Kier molecular flexibility index (Phi) is 10.2. The molecule has 2 rings (SSSR count). The number of hydrogen-bond donors (Lipinski definition) is 1. The molecule has 0 amide bonds. The zero-order valence-corrected chi connectivity index (χ0v) is 22.5. The molecule has 0 unspecified atom stereocenters. The predicted molar refractivity (Wildman–Crippen MR) is 141 cm³/mol. The van der Waals surface area contributed by atoms with Gasteiger partial charge in [-0.2, -0.15) is 0 Å².